The number of fused-ring (bicyclic) bond motifs is 1. The van der Waals surface area contributed by atoms with E-state index in [0.717, 1.165) is 10.2 Å². The van der Waals surface area contributed by atoms with Crippen LogP contribution >= 0.6 is 0 Å². The minimum absolute atomic E-state index is 0.0874. The van der Waals surface area contributed by atoms with Crippen molar-refractivity contribution in [3.8, 4) is 11.5 Å². The number of ether oxygens (including phenoxy) is 2. The Morgan fingerprint density at radius 2 is 1.85 bits per heavy atom. The first kappa shape index (κ1) is 22.5. The van der Waals surface area contributed by atoms with E-state index in [1.165, 1.54) is 20.3 Å². The number of hydrogen-bond donors (Lipinski definition) is 2. The lowest BCUT2D eigenvalue weighted by Gasteiger charge is -2.33. The normalized spacial score (nSPS) is 17.6. The number of alkyl halides is 3. The van der Waals surface area contributed by atoms with Gasteiger partial charge in [0.1, 0.15) is 5.82 Å². The van der Waals surface area contributed by atoms with Crippen LogP contribution in [-0.4, -0.2) is 36.1 Å². The van der Waals surface area contributed by atoms with Crippen LogP contribution < -0.4 is 20.1 Å². The molecule has 3 aromatic rings. The molecular weight excluding hydrogens is 437 g/mol. The smallest absolute Gasteiger partial charge is 0.410 e. The number of benzene rings is 2. The molecule has 1 aliphatic rings. The van der Waals surface area contributed by atoms with Crippen molar-refractivity contribution in [3.05, 3.63) is 71.4 Å². The molecule has 33 heavy (non-hydrogen) atoms. The number of carbonyl (C=O) groups excluding carboxylic acids is 1. The number of halogens is 3. The van der Waals surface area contributed by atoms with Crippen LogP contribution in [-0.2, 0) is 6.54 Å². The molecule has 1 aromatic heterocycles. The maximum Gasteiger partial charge on any atom is 0.410 e. The number of nitrogens with zero attached hydrogens (tertiary/aromatic N) is 2. The van der Waals surface area contributed by atoms with Crippen molar-refractivity contribution in [2.24, 2.45) is 0 Å². The van der Waals surface area contributed by atoms with Crippen LogP contribution in [0.3, 0.4) is 0 Å². The number of anilines is 1. The molecule has 0 saturated carbocycles. The van der Waals surface area contributed by atoms with Crippen LogP contribution in [0.5, 0.6) is 11.5 Å². The minimum atomic E-state index is -4.55. The second kappa shape index (κ2) is 9.05. The lowest BCUT2D eigenvalue weighted by atomic mass is 9.96. The van der Waals surface area contributed by atoms with E-state index in [9.17, 15) is 18.0 Å². The summed E-state index contributed by atoms with van der Waals surface area (Å²) >= 11 is 0. The van der Waals surface area contributed by atoms with Crippen molar-refractivity contribution >= 4 is 11.7 Å². The summed E-state index contributed by atoms with van der Waals surface area (Å²) < 4.78 is 53.1. The molecular formula is C23H23F3N4O3. The van der Waals surface area contributed by atoms with Crippen molar-refractivity contribution < 1.29 is 27.4 Å². The molecule has 0 spiro atoms. The number of hydrogen-bond acceptors (Lipinski definition) is 5. The summed E-state index contributed by atoms with van der Waals surface area (Å²) in [6.45, 7) is 0.242. The molecule has 2 heterocycles. The summed E-state index contributed by atoms with van der Waals surface area (Å²) in [5, 5.41) is 9.75. The fourth-order valence-corrected chi connectivity index (χ4v) is 3.84. The summed E-state index contributed by atoms with van der Waals surface area (Å²) in [6.07, 6.45) is -4.84. The number of methoxy groups -OCH3 is 2. The van der Waals surface area contributed by atoms with E-state index in [4.69, 9.17) is 9.47 Å². The van der Waals surface area contributed by atoms with Crippen molar-refractivity contribution in [2.45, 2.75) is 31.2 Å². The Bertz CT molecular complexity index is 1130. The molecule has 1 amide bonds. The summed E-state index contributed by atoms with van der Waals surface area (Å²) in [5.74, 6) is 0.464. The van der Waals surface area contributed by atoms with E-state index >= 15 is 0 Å². The molecule has 0 unspecified atom stereocenters. The number of carbonyl (C=O) groups is 1. The molecule has 2 N–H and O–H groups in total. The molecule has 0 aliphatic carbocycles. The fraction of sp³-hybridized carbons (Fsp3) is 0.304. The first-order valence-corrected chi connectivity index (χ1v) is 10.3. The topological polar surface area (TPSA) is 77.4 Å². The lowest BCUT2D eigenvalue weighted by Crippen LogP contribution is -2.35. The molecule has 0 bridgehead atoms. The first-order chi connectivity index (χ1) is 15.8. The summed E-state index contributed by atoms with van der Waals surface area (Å²) in [4.78, 5) is 12.6. The van der Waals surface area contributed by atoms with Gasteiger partial charge in [0.2, 0.25) is 0 Å². The largest absolute Gasteiger partial charge is 0.493 e. The number of aromatic nitrogens is 2. The van der Waals surface area contributed by atoms with E-state index in [-0.39, 0.29) is 24.5 Å². The van der Waals surface area contributed by atoms with Gasteiger partial charge in [-0.25, -0.2) is 4.68 Å². The summed E-state index contributed by atoms with van der Waals surface area (Å²) in [7, 11) is 2.95. The van der Waals surface area contributed by atoms with Gasteiger partial charge in [0.15, 0.2) is 23.2 Å². The molecule has 7 nitrogen and oxygen atoms in total. The van der Waals surface area contributed by atoms with E-state index in [2.05, 4.69) is 15.7 Å². The Kier molecular flexibility index (Phi) is 6.17. The van der Waals surface area contributed by atoms with Crippen molar-refractivity contribution in [2.75, 3.05) is 19.5 Å². The third-order valence-corrected chi connectivity index (χ3v) is 5.53. The quantitative estimate of drug-likeness (QED) is 0.567. The van der Waals surface area contributed by atoms with Crippen molar-refractivity contribution in [1.82, 2.24) is 15.1 Å². The van der Waals surface area contributed by atoms with Gasteiger partial charge in [-0.3, -0.25) is 4.79 Å². The minimum Gasteiger partial charge on any atom is -0.493 e. The zero-order valence-corrected chi connectivity index (χ0v) is 18.0. The number of amides is 1. The number of nitrogens with one attached hydrogen (secondary N) is 2. The van der Waals surface area contributed by atoms with Gasteiger partial charge in [0.05, 0.1) is 20.3 Å². The maximum atomic E-state index is 13.9. The first-order valence-electron chi connectivity index (χ1n) is 10.3. The van der Waals surface area contributed by atoms with E-state index in [1.54, 1.807) is 18.2 Å². The number of rotatable bonds is 6. The Morgan fingerprint density at radius 1 is 1.12 bits per heavy atom. The van der Waals surface area contributed by atoms with Crippen molar-refractivity contribution in [1.29, 1.82) is 0 Å². The highest BCUT2D eigenvalue weighted by Crippen LogP contribution is 2.44. The molecule has 174 valence electrons. The predicted molar refractivity (Wildman–Crippen MR) is 115 cm³/mol. The molecule has 2 aromatic carbocycles. The van der Waals surface area contributed by atoms with Gasteiger partial charge in [-0.1, -0.05) is 36.4 Å². The van der Waals surface area contributed by atoms with Crippen LogP contribution in [0.2, 0.25) is 0 Å². The standard InChI is InChI=1S/C23H23F3N4O3/c1-32-18-9-8-15(10-19(18)33-2)16-11-20(23(24,25)26)30-21(28-16)12-17(29-30)22(31)27-13-14-6-4-3-5-7-14/h3-10,12,16,20,28H,11,13H2,1-2H3,(H,27,31)/t16-,20+/m0/s1. The van der Waals surface area contributed by atoms with Gasteiger partial charge in [-0.2, -0.15) is 18.3 Å². The highest BCUT2D eigenvalue weighted by atomic mass is 19.4. The van der Waals surface area contributed by atoms with Crippen LogP contribution in [0.1, 0.15) is 40.1 Å². The zero-order chi connectivity index (χ0) is 23.6. The van der Waals surface area contributed by atoms with Crippen molar-refractivity contribution in [3.63, 3.8) is 0 Å². The molecule has 0 radical (unpaired) electrons. The maximum absolute atomic E-state index is 13.9. The molecule has 4 rings (SSSR count). The molecule has 2 atom stereocenters. The second-order valence-electron chi connectivity index (χ2n) is 7.63. The van der Waals surface area contributed by atoms with E-state index in [1.807, 2.05) is 30.3 Å². The Morgan fingerprint density at radius 3 is 2.52 bits per heavy atom. The predicted octanol–water partition coefficient (Wildman–Crippen LogP) is 4.49. The molecule has 1 aliphatic heterocycles. The third-order valence-electron chi connectivity index (χ3n) is 5.53. The lowest BCUT2D eigenvalue weighted by molar-refractivity contribution is -0.173. The Hall–Kier alpha value is -3.69. The SMILES string of the molecule is COc1ccc([C@@H]2C[C@H](C(F)(F)F)n3nc(C(=O)NCc4ccccc4)cc3N2)cc1OC. The van der Waals surface area contributed by atoms with Gasteiger partial charge >= 0.3 is 6.18 Å². The Balaban J connectivity index is 1.60. The van der Waals surface area contributed by atoms with Crippen LogP contribution in [0.15, 0.2) is 54.6 Å². The van der Waals surface area contributed by atoms with Crippen LogP contribution in [0, 0.1) is 0 Å². The van der Waals surface area contributed by atoms with E-state index in [0.29, 0.717) is 17.1 Å². The van der Waals surface area contributed by atoms with Gasteiger partial charge in [0.25, 0.3) is 5.91 Å². The fourth-order valence-electron chi connectivity index (χ4n) is 3.84. The summed E-state index contributed by atoms with van der Waals surface area (Å²) in [5.41, 5.74) is 1.38. The van der Waals surface area contributed by atoms with Gasteiger partial charge < -0.3 is 20.1 Å². The van der Waals surface area contributed by atoms with Gasteiger partial charge in [0, 0.05) is 19.0 Å². The average Bonchev–Trinajstić information content (AvgIpc) is 3.25. The molecule has 10 heteroatoms. The third kappa shape index (κ3) is 4.74. The van der Waals surface area contributed by atoms with Crippen LogP contribution in [0.25, 0.3) is 0 Å². The summed E-state index contributed by atoms with van der Waals surface area (Å²) in [6, 6.07) is 13.0. The van der Waals surface area contributed by atoms with Gasteiger partial charge in [-0.05, 0) is 23.3 Å². The van der Waals surface area contributed by atoms with Gasteiger partial charge in [-0.15, -0.1) is 0 Å². The van der Waals surface area contributed by atoms with Crippen LogP contribution in [0.4, 0.5) is 19.0 Å². The highest BCUT2D eigenvalue weighted by Gasteiger charge is 2.47. The second-order valence-corrected chi connectivity index (χ2v) is 7.63. The molecule has 0 saturated heterocycles. The Labute approximate surface area is 188 Å². The highest BCUT2D eigenvalue weighted by molar-refractivity contribution is 5.93. The van der Waals surface area contributed by atoms with E-state index < -0.39 is 24.2 Å². The zero-order valence-electron chi connectivity index (χ0n) is 18.0. The molecule has 0 fully saturated rings. The average molecular weight is 460 g/mol. The monoisotopic (exact) mass is 460 g/mol.